The number of nitrogens with one attached hydrogen (secondary N) is 1. The van der Waals surface area contributed by atoms with E-state index >= 15 is 0 Å². The third-order valence-electron chi connectivity index (χ3n) is 5.01. The second-order valence-electron chi connectivity index (χ2n) is 7.33. The Morgan fingerprint density at radius 1 is 0.972 bits per heavy atom. The molecule has 12 heteroatoms. The molecule has 0 unspecified atom stereocenters. The zero-order valence-corrected chi connectivity index (χ0v) is 21.6. The van der Waals surface area contributed by atoms with Crippen molar-refractivity contribution in [2.24, 2.45) is 0 Å². The van der Waals surface area contributed by atoms with Gasteiger partial charge in [0.1, 0.15) is 22.0 Å². The number of carbonyl (C=O) groups excluding carboxylic acids is 3. The number of halogens is 2. The number of nitrogens with zero attached hydrogens (tertiary/aromatic N) is 1. The molecule has 9 nitrogen and oxygen atoms in total. The number of barbiturate groups is 1. The lowest BCUT2D eigenvalue weighted by molar-refractivity contribution is -0.122. The highest BCUT2D eigenvalue weighted by molar-refractivity contribution is 9.10. The molecule has 36 heavy (non-hydrogen) atoms. The van der Waals surface area contributed by atoms with Gasteiger partial charge in [-0.1, -0.05) is 27.5 Å². The first-order chi connectivity index (χ1) is 17.1. The topological polar surface area (TPSA) is 119 Å². The minimum Gasteiger partial charge on any atom is -0.497 e. The third kappa shape index (κ3) is 5.27. The van der Waals surface area contributed by atoms with E-state index in [9.17, 15) is 22.8 Å². The molecule has 4 rings (SSSR count). The maximum Gasteiger partial charge on any atom is 0.339 e. The summed E-state index contributed by atoms with van der Waals surface area (Å²) in [5.74, 6) is -1.48. The SMILES string of the molecule is COc1ccc(N2C(=O)NC(=O)/C(=C\c3cc(Br)ccc3OS(=O)(=O)c3ccc(Cl)cc3)C2=O)cc1. The standard InChI is InChI=1S/C24H16BrClN2O7S/c1-34-18-7-5-17(6-8-18)28-23(30)20(22(29)27-24(28)31)13-14-12-15(25)2-11-21(14)35-36(32,33)19-9-3-16(26)4-10-19/h2-13H,1H3,(H,27,29,31)/b20-13+. The van der Waals surface area contributed by atoms with Crippen molar-refractivity contribution in [3.8, 4) is 11.5 Å². The molecule has 0 aliphatic carbocycles. The van der Waals surface area contributed by atoms with E-state index in [1.807, 2.05) is 0 Å². The van der Waals surface area contributed by atoms with E-state index in [1.54, 1.807) is 12.1 Å². The maximum absolute atomic E-state index is 13.2. The minimum absolute atomic E-state index is 0.101. The Hall–Kier alpha value is -3.67. The average Bonchev–Trinajstić information content (AvgIpc) is 2.84. The van der Waals surface area contributed by atoms with Crippen molar-refractivity contribution < 1.29 is 31.7 Å². The fourth-order valence-electron chi connectivity index (χ4n) is 3.25. The smallest absolute Gasteiger partial charge is 0.339 e. The molecule has 3 aromatic carbocycles. The molecule has 0 bridgehead atoms. The van der Waals surface area contributed by atoms with Gasteiger partial charge in [-0.2, -0.15) is 8.42 Å². The largest absolute Gasteiger partial charge is 0.497 e. The van der Waals surface area contributed by atoms with Crippen molar-refractivity contribution in [2.45, 2.75) is 4.90 Å². The lowest BCUT2D eigenvalue weighted by atomic mass is 10.1. The number of rotatable bonds is 6. The summed E-state index contributed by atoms with van der Waals surface area (Å²) in [5.41, 5.74) is -0.102. The minimum atomic E-state index is -4.27. The van der Waals surface area contributed by atoms with E-state index < -0.39 is 33.5 Å². The number of hydrogen-bond acceptors (Lipinski definition) is 7. The van der Waals surface area contributed by atoms with Gasteiger partial charge in [-0.05, 0) is 72.8 Å². The van der Waals surface area contributed by atoms with Crippen LogP contribution in [0.5, 0.6) is 11.5 Å². The van der Waals surface area contributed by atoms with Gasteiger partial charge in [-0.3, -0.25) is 14.9 Å². The highest BCUT2D eigenvalue weighted by Gasteiger charge is 2.37. The molecular formula is C24H16BrClN2O7S. The van der Waals surface area contributed by atoms with Crippen molar-refractivity contribution in [3.63, 3.8) is 0 Å². The molecule has 0 saturated carbocycles. The number of carbonyl (C=O) groups is 3. The zero-order chi connectivity index (χ0) is 26.0. The van der Waals surface area contributed by atoms with Gasteiger partial charge in [-0.25, -0.2) is 9.69 Å². The molecule has 1 aliphatic heterocycles. The number of hydrogen-bond donors (Lipinski definition) is 1. The highest BCUT2D eigenvalue weighted by atomic mass is 79.9. The van der Waals surface area contributed by atoms with Crippen LogP contribution in [0.3, 0.4) is 0 Å². The number of anilines is 1. The molecular weight excluding hydrogens is 576 g/mol. The van der Waals surface area contributed by atoms with Crippen molar-refractivity contribution in [3.05, 3.63) is 87.4 Å². The molecule has 1 saturated heterocycles. The van der Waals surface area contributed by atoms with Crippen molar-refractivity contribution >= 4 is 67.3 Å². The molecule has 3 aromatic rings. The highest BCUT2D eigenvalue weighted by Crippen LogP contribution is 2.30. The second kappa shape index (κ2) is 10.1. The van der Waals surface area contributed by atoms with Crippen molar-refractivity contribution in [1.29, 1.82) is 0 Å². The molecule has 0 radical (unpaired) electrons. The molecule has 0 atom stereocenters. The van der Waals surface area contributed by atoms with E-state index in [0.717, 1.165) is 11.0 Å². The number of ether oxygens (including phenoxy) is 1. The molecule has 184 valence electrons. The Morgan fingerprint density at radius 2 is 1.64 bits per heavy atom. The number of methoxy groups -OCH3 is 1. The van der Waals surface area contributed by atoms with Gasteiger partial charge in [0.25, 0.3) is 11.8 Å². The van der Waals surface area contributed by atoms with Crippen LogP contribution in [0.1, 0.15) is 5.56 Å². The van der Waals surface area contributed by atoms with Crippen LogP contribution in [0, 0.1) is 0 Å². The Labute approximate surface area is 219 Å². The predicted octanol–water partition coefficient (Wildman–Crippen LogP) is 4.55. The Balaban J connectivity index is 1.73. The summed E-state index contributed by atoms with van der Waals surface area (Å²) < 4.78 is 36.5. The summed E-state index contributed by atoms with van der Waals surface area (Å²) >= 11 is 9.11. The summed E-state index contributed by atoms with van der Waals surface area (Å²) in [6.45, 7) is 0. The number of amides is 4. The van der Waals surface area contributed by atoms with E-state index in [-0.39, 0.29) is 21.9 Å². The lowest BCUT2D eigenvalue weighted by Crippen LogP contribution is -2.54. The first kappa shape index (κ1) is 25.4. The predicted molar refractivity (Wildman–Crippen MR) is 135 cm³/mol. The first-order valence-corrected chi connectivity index (χ1v) is 12.7. The Bertz CT molecular complexity index is 1500. The molecule has 0 spiro atoms. The molecule has 4 amide bonds. The number of benzene rings is 3. The van der Waals surface area contributed by atoms with E-state index in [4.69, 9.17) is 20.5 Å². The molecule has 1 heterocycles. The van der Waals surface area contributed by atoms with Crippen LogP contribution in [0.4, 0.5) is 10.5 Å². The van der Waals surface area contributed by atoms with Crippen molar-refractivity contribution in [1.82, 2.24) is 5.32 Å². The monoisotopic (exact) mass is 590 g/mol. The van der Waals surface area contributed by atoms with Gasteiger partial charge in [0.05, 0.1) is 12.8 Å². The average molecular weight is 592 g/mol. The first-order valence-electron chi connectivity index (χ1n) is 10.1. The normalized spacial score (nSPS) is 15.1. The van der Waals surface area contributed by atoms with Gasteiger partial charge in [0.2, 0.25) is 0 Å². The second-order valence-corrected chi connectivity index (χ2v) is 10.2. The summed E-state index contributed by atoms with van der Waals surface area (Å²) in [6, 6.07) is 14.9. The number of imide groups is 2. The Kier molecular flexibility index (Phi) is 7.16. The molecule has 1 aliphatic rings. The van der Waals surface area contributed by atoms with Gasteiger partial charge < -0.3 is 8.92 Å². The van der Waals surface area contributed by atoms with Crippen LogP contribution >= 0.6 is 27.5 Å². The summed E-state index contributed by atoms with van der Waals surface area (Å²) in [7, 11) is -2.80. The quantitative estimate of drug-likeness (QED) is 0.254. The number of urea groups is 1. The lowest BCUT2D eigenvalue weighted by Gasteiger charge is -2.26. The van der Waals surface area contributed by atoms with Crippen LogP contribution in [-0.2, 0) is 19.7 Å². The van der Waals surface area contributed by atoms with E-state index in [1.165, 1.54) is 61.7 Å². The fraction of sp³-hybridized carbons (Fsp3) is 0.0417. The Morgan fingerprint density at radius 3 is 2.28 bits per heavy atom. The molecule has 0 aromatic heterocycles. The fourth-order valence-corrected chi connectivity index (χ4v) is 4.71. The summed E-state index contributed by atoms with van der Waals surface area (Å²) in [5, 5.41) is 2.46. The zero-order valence-electron chi connectivity index (χ0n) is 18.4. The van der Waals surface area contributed by atoms with Gasteiger partial charge in [-0.15, -0.1) is 0 Å². The van der Waals surface area contributed by atoms with Crippen LogP contribution in [-0.4, -0.2) is 33.4 Å². The summed E-state index contributed by atoms with van der Waals surface area (Å²) in [6.07, 6.45) is 1.15. The van der Waals surface area contributed by atoms with Gasteiger partial charge >= 0.3 is 16.1 Å². The van der Waals surface area contributed by atoms with Crippen LogP contribution in [0.15, 0.2) is 81.7 Å². The van der Waals surface area contributed by atoms with Gasteiger partial charge in [0, 0.05) is 15.1 Å². The third-order valence-corrected chi connectivity index (χ3v) is 7.00. The summed E-state index contributed by atoms with van der Waals surface area (Å²) in [4.78, 5) is 38.9. The molecule has 1 fully saturated rings. The van der Waals surface area contributed by atoms with E-state index in [0.29, 0.717) is 15.2 Å². The van der Waals surface area contributed by atoms with Crippen LogP contribution in [0.25, 0.3) is 6.08 Å². The van der Waals surface area contributed by atoms with Crippen LogP contribution < -0.4 is 19.1 Å². The van der Waals surface area contributed by atoms with E-state index in [2.05, 4.69) is 21.2 Å². The molecule has 1 N–H and O–H groups in total. The van der Waals surface area contributed by atoms with Gasteiger partial charge in [0.15, 0.2) is 0 Å². The van der Waals surface area contributed by atoms with Crippen molar-refractivity contribution in [2.75, 3.05) is 12.0 Å². The maximum atomic E-state index is 13.2. The van der Waals surface area contributed by atoms with Crippen LogP contribution in [0.2, 0.25) is 5.02 Å².